The Morgan fingerprint density at radius 3 is 2.69 bits per heavy atom. The second-order valence-corrected chi connectivity index (χ2v) is 7.67. The molecule has 16 heavy (non-hydrogen) atoms. The Kier molecular flexibility index (Phi) is 4.06. The molecule has 3 atom stereocenters. The van der Waals surface area contributed by atoms with Crippen LogP contribution in [-0.2, 0) is 10.8 Å². The molecular formula is C13H25NOS. The van der Waals surface area contributed by atoms with Crippen LogP contribution in [0.5, 0.6) is 0 Å². The third-order valence-corrected chi connectivity index (χ3v) is 6.41. The quantitative estimate of drug-likeness (QED) is 0.806. The summed E-state index contributed by atoms with van der Waals surface area (Å²) in [6.07, 6.45) is 8.60. The highest BCUT2D eigenvalue weighted by Crippen LogP contribution is 2.49. The smallest absolute Gasteiger partial charge is 0.0350 e. The molecule has 0 bridgehead atoms. The fraction of sp³-hybridized carbons (Fsp3) is 1.00. The standard InChI is InChI=1S/C13H25NOS/c1-11-3-2-4-12(9-11)16(15)10-13(5-6-13)7-8-14/h11-12H,2-10,14H2,1H3. The molecule has 2 fully saturated rings. The van der Waals surface area contributed by atoms with Gasteiger partial charge in [-0.1, -0.05) is 19.8 Å². The number of rotatable bonds is 5. The van der Waals surface area contributed by atoms with Gasteiger partial charge in [0.05, 0.1) is 0 Å². The van der Waals surface area contributed by atoms with Gasteiger partial charge >= 0.3 is 0 Å². The molecule has 0 amide bonds. The van der Waals surface area contributed by atoms with Crippen molar-refractivity contribution >= 4 is 10.8 Å². The molecule has 0 radical (unpaired) electrons. The summed E-state index contributed by atoms with van der Waals surface area (Å²) in [5.74, 6) is 1.72. The molecule has 0 aromatic heterocycles. The molecule has 0 aromatic rings. The molecule has 0 spiro atoms. The molecule has 2 saturated carbocycles. The molecule has 2 N–H and O–H groups in total. The first-order chi connectivity index (χ1) is 7.65. The van der Waals surface area contributed by atoms with Gasteiger partial charge in [0.25, 0.3) is 0 Å². The maximum absolute atomic E-state index is 12.3. The van der Waals surface area contributed by atoms with E-state index in [1.54, 1.807) is 0 Å². The molecule has 2 rings (SSSR count). The van der Waals surface area contributed by atoms with Crippen molar-refractivity contribution in [2.24, 2.45) is 17.1 Å². The van der Waals surface area contributed by atoms with Gasteiger partial charge in [0.1, 0.15) is 0 Å². The highest BCUT2D eigenvalue weighted by Gasteiger charge is 2.44. The molecule has 2 aliphatic carbocycles. The lowest BCUT2D eigenvalue weighted by Crippen LogP contribution is -2.28. The fourth-order valence-electron chi connectivity index (χ4n) is 2.99. The number of nitrogens with two attached hydrogens (primary N) is 1. The Bertz CT molecular complexity index is 263. The molecule has 0 aliphatic heterocycles. The SMILES string of the molecule is CC1CCCC(S(=O)CC2(CCN)CC2)C1. The molecule has 0 aromatic carbocycles. The second kappa shape index (κ2) is 5.18. The van der Waals surface area contributed by atoms with E-state index in [0.717, 1.165) is 24.6 Å². The summed E-state index contributed by atoms with van der Waals surface area (Å²) in [5.41, 5.74) is 6.02. The van der Waals surface area contributed by atoms with E-state index in [1.165, 1.54) is 38.5 Å². The van der Waals surface area contributed by atoms with Crippen molar-refractivity contribution in [3.8, 4) is 0 Å². The van der Waals surface area contributed by atoms with Crippen LogP contribution in [0.4, 0.5) is 0 Å². The lowest BCUT2D eigenvalue weighted by Gasteiger charge is -2.27. The van der Waals surface area contributed by atoms with Gasteiger partial charge < -0.3 is 5.73 Å². The lowest BCUT2D eigenvalue weighted by molar-refractivity contribution is 0.387. The largest absolute Gasteiger partial charge is 0.330 e. The summed E-state index contributed by atoms with van der Waals surface area (Å²) < 4.78 is 12.3. The highest BCUT2D eigenvalue weighted by molar-refractivity contribution is 7.85. The maximum Gasteiger partial charge on any atom is 0.0350 e. The monoisotopic (exact) mass is 243 g/mol. The van der Waals surface area contributed by atoms with E-state index in [4.69, 9.17) is 5.73 Å². The molecule has 2 aliphatic rings. The Balaban J connectivity index is 1.83. The minimum Gasteiger partial charge on any atom is -0.330 e. The molecule has 0 heterocycles. The molecule has 0 saturated heterocycles. The minimum atomic E-state index is -0.591. The molecule has 3 heteroatoms. The van der Waals surface area contributed by atoms with Gasteiger partial charge in [-0.15, -0.1) is 0 Å². The summed E-state index contributed by atoms with van der Waals surface area (Å²) in [5, 5.41) is 0.485. The van der Waals surface area contributed by atoms with Crippen LogP contribution in [0.25, 0.3) is 0 Å². The average molecular weight is 243 g/mol. The van der Waals surface area contributed by atoms with Crippen LogP contribution in [0.3, 0.4) is 0 Å². The Morgan fingerprint density at radius 1 is 1.38 bits per heavy atom. The van der Waals surface area contributed by atoms with Gasteiger partial charge in [0, 0.05) is 21.8 Å². The molecular weight excluding hydrogens is 218 g/mol. The predicted molar refractivity (Wildman–Crippen MR) is 69.8 cm³/mol. The van der Waals surface area contributed by atoms with Crippen molar-refractivity contribution in [2.45, 2.75) is 57.1 Å². The van der Waals surface area contributed by atoms with E-state index in [9.17, 15) is 4.21 Å². The molecule has 2 nitrogen and oxygen atoms in total. The van der Waals surface area contributed by atoms with Crippen LogP contribution in [0.2, 0.25) is 0 Å². The third kappa shape index (κ3) is 3.07. The normalized spacial score (nSPS) is 34.6. The minimum absolute atomic E-state index is 0.389. The lowest BCUT2D eigenvalue weighted by atomic mass is 9.91. The van der Waals surface area contributed by atoms with Gasteiger partial charge in [-0.25, -0.2) is 0 Å². The van der Waals surface area contributed by atoms with Gasteiger partial charge in [-0.05, 0) is 50.0 Å². The van der Waals surface area contributed by atoms with Crippen LogP contribution >= 0.6 is 0 Å². The first-order valence-corrected chi connectivity index (χ1v) is 8.11. The van der Waals surface area contributed by atoms with Crippen molar-refractivity contribution in [1.29, 1.82) is 0 Å². The summed E-state index contributed by atoms with van der Waals surface area (Å²) in [4.78, 5) is 0. The summed E-state index contributed by atoms with van der Waals surface area (Å²) in [6, 6.07) is 0. The van der Waals surface area contributed by atoms with E-state index in [0.29, 0.717) is 10.7 Å². The van der Waals surface area contributed by atoms with Crippen LogP contribution in [0.1, 0.15) is 51.9 Å². The Hall–Kier alpha value is 0.110. The first-order valence-electron chi connectivity index (χ1n) is 6.72. The van der Waals surface area contributed by atoms with Gasteiger partial charge in [-0.2, -0.15) is 0 Å². The van der Waals surface area contributed by atoms with Crippen molar-refractivity contribution in [3.63, 3.8) is 0 Å². The summed E-state index contributed by atoms with van der Waals surface area (Å²) in [7, 11) is -0.591. The van der Waals surface area contributed by atoms with E-state index in [-0.39, 0.29) is 0 Å². The van der Waals surface area contributed by atoms with E-state index in [1.807, 2.05) is 0 Å². The summed E-state index contributed by atoms with van der Waals surface area (Å²) >= 11 is 0. The van der Waals surface area contributed by atoms with Crippen molar-refractivity contribution in [1.82, 2.24) is 0 Å². The summed E-state index contributed by atoms with van der Waals surface area (Å²) in [6.45, 7) is 3.06. The topological polar surface area (TPSA) is 43.1 Å². The van der Waals surface area contributed by atoms with E-state index >= 15 is 0 Å². The fourth-order valence-corrected chi connectivity index (χ4v) is 5.23. The Morgan fingerprint density at radius 2 is 2.12 bits per heavy atom. The van der Waals surface area contributed by atoms with E-state index in [2.05, 4.69) is 6.92 Å². The van der Waals surface area contributed by atoms with Crippen LogP contribution in [0, 0.1) is 11.3 Å². The van der Waals surface area contributed by atoms with E-state index < -0.39 is 10.8 Å². The van der Waals surface area contributed by atoms with Gasteiger partial charge in [0.15, 0.2) is 0 Å². The zero-order chi connectivity index (χ0) is 11.6. The number of hydrogen-bond donors (Lipinski definition) is 1. The molecule has 3 unspecified atom stereocenters. The van der Waals surface area contributed by atoms with Crippen LogP contribution < -0.4 is 5.73 Å². The van der Waals surface area contributed by atoms with Crippen molar-refractivity contribution in [2.75, 3.05) is 12.3 Å². The highest BCUT2D eigenvalue weighted by atomic mass is 32.2. The average Bonchev–Trinajstić information content (AvgIpc) is 2.98. The second-order valence-electron chi connectivity index (χ2n) is 5.96. The Labute approximate surface area is 102 Å². The van der Waals surface area contributed by atoms with Crippen molar-refractivity contribution < 1.29 is 4.21 Å². The zero-order valence-corrected chi connectivity index (χ0v) is 11.2. The maximum atomic E-state index is 12.3. The zero-order valence-electron chi connectivity index (χ0n) is 10.4. The first kappa shape index (κ1) is 12.6. The van der Waals surface area contributed by atoms with Crippen LogP contribution in [-0.4, -0.2) is 21.8 Å². The third-order valence-electron chi connectivity index (χ3n) is 4.34. The van der Waals surface area contributed by atoms with Crippen molar-refractivity contribution in [3.05, 3.63) is 0 Å². The molecule has 94 valence electrons. The van der Waals surface area contributed by atoms with Gasteiger partial charge in [-0.3, -0.25) is 4.21 Å². The number of hydrogen-bond acceptors (Lipinski definition) is 2. The van der Waals surface area contributed by atoms with Crippen LogP contribution in [0.15, 0.2) is 0 Å². The predicted octanol–water partition coefficient (Wildman–Crippen LogP) is 2.44. The van der Waals surface area contributed by atoms with Gasteiger partial charge in [0.2, 0.25) is 0 Å².